The summed E-state index contributed by atoms with van der Waals surface area (Å²) < 4.78 is 5.82. The van der Waals surface area contributed by atoms with Gasteiger partial charge in [-0.05, 0) is 46.0 Å². The summed E-state index contributed by atoms with van der Waals surface area (Å²) in [4.78, 5) is 17.8. The Kier molecular flexibility index (Phi) is 6.02. The largest absolute Gasteiger partial charge is 0.448 e. The first-order chi connectivity index (χ1) is 16.1. The Balaban J connectivity index is 1.21. The number of terminal acetylenes is 1. The molecule has 166 valence electrons. The first kappa shape index (κ1) is 21.5. The zero-order chi connectivity index (χ0) is 22.8. The molecule has 3 aromatic rings. The standard InChI is InChI=1S/C28H26N2O2S/c1-2-7-20-16-21(18-22(33)17-20)29-12-14-30(15-13-29)28(31)32-19-27-25-10-5-3-8-23(25)24-9-4-6-11-26(24)27/h1,3-6,8-11,16-18,27,33H,7,12-15,19H2. The van der Waals surface area contributed by atoms with Crippen molar-refractivity contribution in [1.82, 2.24) is 4.90 Å². The Hall–Kier alpha value is -3.36. The second-order valence-electron chi connectivity index (χ2n) is 8.52. The Morgan fingerprint density at radius 3 is 2.24 bits per heavy atom. The van der Waals surface area contributed by atoms with Crippen LogP contribution < -0.4 is 4.90 Å². The Morgan fingerprint density at radius 1 is 0.970 bits per heavy atom. The molecule has 5 rings (SSSR count). The third-order valence-corrected chi connectivity index (χ3v) is 6.77. The molecule has 4 nitrogen and oxygen atoms in total. The van der Waals surface area contributed by atoms with Gasteiger partial charge in [0.05, 0.1) is 0 Å². The number of hydrogen-bond donors (Lipinski definition) is 1. The van der Waals surface area contributed by atoms with E-state index in [1.807, 2.05) is 24.3 Å². The number of carbonyl (C=O) groups excluding carboxylic acids is 1. The van der Waals surface area contributed by atoms with Gasteiger partial charge in [0, 0.05) is 49.1 Å². The van der Waals surface area contributed by atoms with E-state index in [9.17, 15) is 4.79 Å². The molecule has 0 unspecified atom stereocenters. The highest BCUT2D eigenvalue weighted by molar-refractivity contribution is 7.80. The van der Waals surface area contributed by atoms with Gasteiger partial charge in [-0.15, -0.1) is 25.0 Å². The molecule has 0 N–H and O–H groups in total. The topological polar surface area (TPSA) is 32.8 Å². The van der Waals surface area contributed by atoms with Gasteiger partial charge in [-0.3, -0.25) is 0 Å². The molecule has 3 aromatic carbocycles. The van der Waals surface area contributed by atoms with Crippen LogP contribution in [0.4, 0.5) is 10.5 Å². The highest BCUT2D eigenvalue weighted by atomic mass is 32.1. The van der Waals surface area contributed by atoms with E-state index in [1.165, 1.54) is 22.3 Å². The van der Waals surface area contributed by atoms with Crippen LogP contribution in [0.25, 0.3) is 11.1 Å². The van der Waals surface area contributed by atoms with E-state index >= 15 is 0 Å². The average molecular weight is 455 g/mol. The predicted octanol–water partition coefficient (Wildman–Crippen LogP) is 5.22. The lowest BCUT2D eigenvalue weighted by Gasteiger charge is -2.36. The molecule has 0 aromatic heterocycles. The van der Waals surface area contributed by atoms with Crippen LogP contribution in [0.5, 0.6) is 0 Å². The predicted molar refractivity (Wildman–Crippen MR) is 135 cm³/mol. The number of fused-ring (bicyclic) bond motifs is 3. The lowest BCUT2D eigenvalue weighted by molar-refractivity contribution is 0.0977. The maximum Gasteiger partial charge on any atom is 0.409 e. The van der Waals surface area contributed by atoms with E-state index in [0.29, 0.717) is 26.1 Å². The van der Waals surface area contributed by atoms with Crippen molar-refractivity contribution < 1.29 is 9.53 Å². The zero-order valence-electron chi connectivity index (χ0n) is 18.4. The summed E-state index contributed by atoms with van der Waals surface area (Å²) in [6.07, 6.45) is 5.81. The van der Waals surface area contributed by atoms with E-state index in [0.717, 1.165) is 29.2 Å². The molecule has 1 heterocycles. The average Bonchev–Trinajstić information content (AvgIpc) is 3.16. The molecular formula is C28H26N2O2S. The van der Waals surface area contributed by atoms with E-state index in [1.54, 1.807) is 4.90 Å². The SMILES string of the molecule is C#CCc1cc(S)cc(N2CCN(C(=O)OCC3c4ccccc4-c4ccccc43)CC2)c1. The van der Waals surface area contributed by atoms with E-state index in [4.69, 9.17) is 11.2 Å². The number of piperazine rings is 1. The number of benzene rings is 3. The van der Waals surface area contributed by atoms with Crippen LogP contribution in [0.15, 0.2) is 71.6 Å². The minimum Gasteiger partial charge on any atom is -0.448 e. The minimum atomic E-state index is -0.243. The maximum absolute atomic E-state index is 12.9. The molecule has 1 saturated heterocycles. The van der Waals surface area contributed by atoms with E-state index < -0.39 is 0 Å². The van der Waals surface area contributed by atoms with Gasteiger partial charge in [-0.1, -0.05) is 48.5 Å². The fourth-order valence-electron chi connectivity index (χ4n) is 4.89. The van der Waals surface area contributed by atoms with Gasteiger partial charge in [-0.25, -0.2) is 4.79 Å². The molecule has 0 bridgehead atoms. The number of anilines is 1. The van der Waals surface area contributed by atoms with Crippen molar-refractivity contribution >= 4 is 24.4 Å². The maximum atomic E-state index is 12.9. The molecule has 33 heavy (non-hydrogen) atoms. The number of ether oxygens (including phenoxy) is 1. The van der Waals surface area contributed by atoms with Gasteiger partial charge >= 0.3 is 6.09 Å². The minimum absolute atomic E-state index is 0.0790. The first-order valence-electron chi connectivity index (χ1n) is 11.3. The molecule has 0 spiro atoms. The van der Waals surface area contributed by atoms with Crippen molar-refractivity contribution in [2.24, 2.45) is 0 Å². The number of nitrogens with zero attached hydrogens (tertiary/aromatic N) is 2. The van der Waals surface area contributed by atoms with Crippen LogP contribution in [-0.4, -0.2) is 43.8 Å². The molecule has 0 saturated carbocycles. The van der Waals surface area contributed by atoms with Crippen LogP contribution in [0.2, 0.25) is 0 Å². The summed E-state index contributed by atoms with van der Waals surface area (Å²) in [7, 11) is 0. The Labute approximate surface area is 200 Å². The Morgan fingerprint density at radius 2 is 1.61 bits per heavy atom. The fraction of sp³-hybridized carbons (Fsp3) is 0.250. The summed E-state index contributed by atoms with van der Waals surface area (Å²) in [6.45, 7) is 3.09. The molecule has 1 aliphatic heterocycles. The van der Waals surface area contributed by atoms with Gasteiger partial charge in [0.2, 0.25) is 0 Å². The lowest BCUT2D eigenvalue weighted by atomic mass is 9.98. The quantitative estimate of drug-likeness (QED) is 0.433. The summed E-state index contributed by atoms with van der Waals surface area (Å²) >= 11 is 4.52. The van der Waals surface area contributed by atoms with E-state index in [-0.39, 0.29) is 12.0 Å². The number of carbonyl (C=O) groups is 1. The highest BCUT2D eigenvalue weighted by Gasteiger charge is 2.30. The molecule has 1 fully saturated rings. The zero-order valence-corrected chi connectivity index (χ0v) is 19.3. The number of rotatable bonds is 4. The lowest BCUT2D eigenvalue weighted by Crippen LogP contribution is -2.49. The molecular weight excluding hydrogens is 428 g/mol. The Bertz CT molecular complexity index is 1180. The molecule has 1 amide bonds. The van der Waals surface area contributed by atoms with Gasteiger partial charge in [0.1, 0.15) is 6.61 Å². The molecule has 1 aliphatic carbocycles. The fourth-order valence-corrected chi connectivity index (χ4v) is 5.19. The summed E-state index contributed by atoms with van der Waals surface area (Å²) in [5.41, 5.74) is 7.10. The van der Waals surface area contributed by atoms with Crippen molar-refractivity contribution in [3.05, 3.63) is 83.4 Å². The second kappa shape index (κ2) is 9.25. The van der Waals surface area contributed by atoms with Gasteiger partial charge in [0.25, 0.3) is 0 Å². The van der Waals surface area contributed by atoms with E-state index in [2.05, 4.69) is 65.9 Å². The highest BCUT2D eigenvalue weighted by Crippen LogP contribution is 2.44. The number of hydrogen-bond acceptors (Lipinski definition) is 4. The van der Waals surface area contributed by atoms with Crippen molar-refractivity contribution in [3.8, 4) is 23.5 Å². The van der Waals surface area contributed by atoms with Crippen LogP contribution >= 0.6 is 12.6 Å². The monoisotopic (exact) mass is 454 g/mol. The molecule has 2 aliphatic rings. The van der Waals surface area contributed by atoms with Gasteiger partial charge < -0.3 is 14.5 Å². The third kappa shape index (κ3) is 4.31. The normalized spacial score (nSPS) is 15.0. The summed E-state index contributed by atoms with van der Waals surface area (Å²) in [5, 5.41) is 0. The van der Waals surface area contributed by atoms with Crippen LogP contribution in [0.1, 0.15) is 22.6 Å². The smallest absolute Gasteiger partial charge is 0.409 e. The first-order valence-corrected chi connectivity index (χ1v) is 11.7. The van der Waals surface area contributed by atoms with Crippen molar-refractivity contribution in [2.45, 2.75) is 17.2 Å². The third-order valence-electron chi connectivity index (χ3n) is 6.51. The number of amides is 1. The van der Waals surface area contributed by atoms with Gasteiger partial charge in [-0.2, -0.15) is 0 Å². The number of thiol groups is 1. The molecule has 0 radical (unpaired) electrons. The van der Waals surface area contributed by atoms with Crippen molar-refractivity contribution in [2.75, 3.05) is 37.7 Å². The van der Waals surface area contributed by atoms with Gasteiger partial charge in [0.15, 0.2) is 0 Å². The van der Waals surface area contributed by atoms with Crippen LogP contribution in [-0.2, 0) is 11.2 Å². The summed E-state index contributed by atoms with van der Waals surface area (Å²) in [5.74, 6) is 2.77. The van der Waals surface area contributed by atoms with Crippen LogP contribution in [0.3, 0.4) is 0 Å². The molecule has 0 atom stereocenters. The molecule has 5 heteroatoms. The second-order valence-corrected chi connectivity index (χ2v) is 9.03. The van der Waals surface area contributed by atoms with Crippen molar-refractivity contribution in [3.63, 3.8) is 0 Å². The van der Waals surface area contributed by atoms with Crippen LogP contribution in [0, 0.1) is 12.3 Å². The van der Waals surface area contributed by atoms with Crippen molar-refractivity contribution in [1.29, 1.82) is 0 Å². The summed E-state index contributed by atoms with van der Waals surface area (Å²) in [6, 6.07) is 22.9.